The van der Waals surface area contributed by atoms with Crippen LogP contribution in [0.3, 0.4) is 0 Å². The van der Waals surface area contributed by atoms with E-state index >= 15 is 0 Å². The number of hydrogen-bond acceptors (Lipinski definition) is 7. The van der Waals surface area contributed by atoms with Crippen molar-refractivity contribution in [2.45, 2.75) is 63.6 Å². The molecule has 1 spiro atoms. The third-order valence-corrected chi connectivity index (χ3v) is 8.41. The van der Waals surface area contributed by atoms with Crippen molar-refractivity contribution in [3.8, 4) is 0 Å². The van der Waals surface area contributed by atoms with Crippen LogP contribution in [0.5, 0.6) is 0 Å². The van der Waals surface area contributed by atoms with Crippen molar-refractivity contribution in [1.29, 1.82) is 0 Å². The van der Waals surface area contributed by atoms with E-state index in [1.54, 1.807) is 17.7 Å². The zero-order valence-electron chi connectivity index (χ0n) is 21.3. The van der Waals surface area contributed by atoms with Gasteiger partial charge in [-0.3, -0.25) is 14.4 Å². The fourth-order valence-corrected chi connectivity index (χ4v) is 6.73. The van der Waals surface area contributed by atoms with Crippen LogP contribution in [-0.2, 0) is 25.8 Å². The molecule has 2 bridgehead atoms. The number of nitrogens with zero attached hydrogens (tertiary/aromatic N) is 5. The third-order valence-electron chi connectivity index (χ3n) is 8.41. The smallest absolute Gasteiger partial charge is 0.310 e. The maximum Gasteiger partial charge on any atom is 0.310 e. The van der Waals surface area contributed by atoms with Gasteiger partial charge >= 0.3 is 5.97 Å². The molecule has 11 nitrogen and oxygen atoms in total. The number of benzene rings is 1. The first-order valence-electron chi connectivity index (χ1n) is 12.6. The number of fused-ring (bicyclic) bond motifs is 2. The van der Waals surface area contributed by atoms with E-state index < -0.39 is 52.9 Å². The molecule has 0 saturated carbocycles. The predicted molar refractivity (Wildman–Crippen MR) is 132 cm³/mol. The average molecular weight is 512 g/mol. The molecule has 11 heteroatoms. The maximum atomic E-state index is 14.4. The summed E-state index contributed by atoms with van der Waals surface area (Å²) in [5.41, 5.74) is -0.918. The number of carboxylic acids is 1. The van der Waals surface area contributed by atoms with Gasteiger partial charge in [0.25, 0.3) is 0 Å². The minimum Gasteiger partial charge on any atom is -0.481 e. The number of para-hydroxylation sites is 1. The van der Waals surface area contributed by atoms with Gasteiger partial charge in [-0.25, -0.2) is 4.68 Å². The van der Waals surface area contributed by atoms with E-state index in [1.807, 2.05) is 38.1 Å². The fraction of sp³-hybridized carbons (Fsp3) is 0.577. The highest BCUT2D eigenvalue weighted by Gasteiger charge is 2.79. The first-order valence-corrected chi connectivity index (χ1v) is 12.6. The Morgan fingerprint density at radius 3 is 2.70 bits per heavy atom. The van der Waals surface area contributed by atoms with Gasteiger partial charge in [0, 0.05) is 6.54 Å². The quantitative estimate of drug-likeness (QED) is 0.480. The van der Waals surface area contributed by atoms with E-state index in [1.165, 1.54) is 9.80 Å². The van der Waals surface area contributed by atoms with Crippen LogP contribution in [0, 0.1) is 17.8 Å². The number of rotatable bonds is 9. The van der Waals surface area contributed by atoms with Crippen molar-refractivity contribution >= 4 is 28.8 Å². The maximum absolute atomic E-state index is 14.4. The number of ether oxygens (including phenoxy) is 1. The van der Waals surface area contributed by atoms with E-state index in [9.17, 15) is 24.6 Å². The topological polar surface area (TPSA) is 138 Å². The molecule has 1 aromatic heterocycles. The van der Waals surface area contributed by atoms with Gasteiger partial charge in [-0.1, -0.05) is 37.3 Å². The van der Waals surface area contributed by atoms with Gasteiger partial charge in [-0.2, -0.15) is 0 Å². The molecule has 198 valence electrons. The summed E-state index contributed by atoms with van der Waals surface area (Å²) < 4.78 is 8.06. The second-order valence-corrected chi connectivity index (χ2v) is 10.9. The lowest BCUT2D eigenvalue weighted by Crippen LogP contribution is -2.59. The van der Waals surface area contributed by atoms with Gasteiger partial charge in [0.1, 0.15) is 23.8 Å². The third kappa shape index (κ3) is 3.58. The van der Waals surface area contributed by atoms with E-state index in [2.05, 4.69) is 16.9 Å². The number of aromatic nitrogens is 3. The highest BCUT2D eigenvalue weighted by molar-refractivity contribution is 5.98. The molecule has 0 radical (unpaired) electrons. The van der Waals surface area contributed by atoms with Crippen LogP contribution < -0.4 is 0 Å². The summed E-state index contributed by atoms with van der Waals surface area (Å²) in [6, 6.07) is 5.62. The van der Waals surface area contributed by atoms with Crippen LogP contribution in [0.15, 0.2) is 36.9 Å². The Hall–Kier alpha value is -3.31. The monoisotopic (exact) mass is 511 g/mol. The van der Waals surface area contributed by atoms with Gasteiger partial charge < -0.3 is 24.7 Å². The van der Waals surface area contributed by atoms with Gasteiger partial charge in [-0.05, 0) is 37.8 Å². The molecular weight excluding hydrogens is 478 g/mol. The predicted octanol–water partition coefficient (Wildman–Crippen LogP) is 1.27. The molecular formula is C26H33N5O6. The van der Waals surface area contributed by atoms with Gasteiger partial charge in [0.15, 0.2) is 0 Å². The van der Waals surface area contributed by atoms with Gasteiger partial charge in [-0.15, -0.1) is 11.7 Å². The lowest BCUT2D eigenvalue weighted by molar-refractivity contribution is -0.160. The molecule has 1 aromatic carbocycles. The molecule has 0 aliphatic carbocycles. The molecule has 3 aliphatic rings. The Bertz CT molecular complexity index is 1260. The zero-order chi connectivity index (χ0) is 26.7. The minimum absolute atomic E-state index is 0.0513. The van der Waals surface area contributed by atoms with Crippen molar-refractivity contribution in [3.05, 3.63) is 36.9 Å². The molecule has 2 unspecified atom stereocenters. The zero-order valence-corrected chi connectivity index (χ0v) is 21.3. The number of amides is 2. The average Bonchev–Trinajstić information content (AvgIpc) is 3.55. The lowest BCUT2D eigenvalue weighted by atomic mass is 9.66. The van der Waals surface area contributed by atoms with Crippen LogP contribution in [0.1, 0.15) is 33.6 Å². The van der Waals surface area contributed by atoms with Crippen molar-refractivity contribution < 1.29 is 29.3 Å². The normalized spacial score (nSPS) is 31.2. The standard InChI is InChI=1S/C26H33N5O6/c1-5-12-29(14-30-17-9-7-6-8-16(17)27-28-30)23(34)21-26-11-10-25(4,37-26)20(24(35)36)19(26)22(33)31(21)18(13-32)15(2)3/h5-9,15,18-21,32H,1,10-14H2,2-4H3,(H,35,36)/t18-,19-,20+,21?,25-,26?/m0/s1. The lowest BCUT2D eigenvalue weighted by Gasteiger charge is -2.40. The van der Waals surface area contributed by atoms with E-state index in [0.29, 0.717) is 18.4 Å². The summed E-state index contributed by atoms with van der Waals surface area (Å²) in [6.07, 6.45) is 2.39. The van der Waals surface area contributed by atoms with Crippen molar-refractivity contribution in [2.75, 3.05) is 13.2 Å². The summed E-state index contributed by atoms with van der Waals surface area (Å²) in [7, 11) is 0. The summed E-state index contributed by atoms with van der Waals surface area (Å²) in [6.45, 7) is 9.09. The van der Waals surface area contributed by atoms with Gasteiger partial charge in [0.2, 0.25) is 11.8 Å². The Morgan fingerprint density at radius 2 is 2.05 bits per heavy atom. The number of carbonyl (C=O) groups excluding carboxylic acids is 2. The number of likely N-dealkylation sites (tertiary alicyclic amines) is 1. The van der Waals surface area contributed by atoms with Crippen LogP contribution in [-0.4, -0.2) is 89.2 Å². The first kappa shape index (κ1) is 25.3. The minimum atomic E-state index is -1.29. The van der Waals surface area contributed by atoms with Crippen molar-refractivity contribution in [1.82, 2.24) is 24.8 Å². The number of carbonyl (C=O) groups is 3. The largest absolute Gasteiger partial charge is 0.481 e. The summed E-state index contributed by atoms with van der Waals surface area (Å²) in [5.74, 6) is -4.23. The van der Waals surface area contributed by atoms with E-state index in [0.717, 1.165) is 5.52 Å². The fourth-order valence-electron chi connectivity index (χ4n) is 6.73. The molecule has 6 atom stereocenters. The molecule has 5 rings (SSSR count). The molecule has 3 fully saturated rings. The molecule has 2 N–H and O–H groups in total. The Balaban J connectivity index is 1.59. The second-order valence-electron chi connectivity index (χ2n) is 10.9. The Labute approximate surface area is 214 Å². The van der Waals surface area contributed by atoms with Crippen molar-refractivity contribution in [3.63, 3.8) is 0 Å². The van der Waals surface area contributed by atoms with Gasteiger partial charge in [0.05, 0.1) is 35.6 Å². The van der Waals surface area contributed by atoms with Crippen LogP contribution in [0.25, 0.3) is 11.0 Å². The summed E-state index contributed by atoms with van der Waals surface area (Å²) in [4.78, 5) is 43.7. The number of hydrogen-bond donors (Lipinski definition) is 2. The van der Waals surface area contributed by atoms with Crippen LogP contribution >= 0.6 is 0 Å². The molecule has 3 aliphatic heterocycles. The van der Waals surface area contributed by atoms with E-state index in [-0.39, 0.29) is 25.7 Å². The first-order chi connectivity index (χ1) is 17.6. The number of aliphatic hydroxyl groups excluding tert-OH is 1. The highest BCUT2D eigenvalue weighted by Crippen LogP contribution is 2.63. The Kier molecular flexibility index (Phi) is 6.11. The van der Waals surface area contributed by atoms with Crippen molar-refractivity contribution in [2.24, 2.45) is 17.8 Å². The molecule has 2 aromatic rings. The number of aliphatic hydroxyl groups is 1. The Morgan fingerprint density at radius 1 is 1.32 bits per heavy atom. The van der Waals surface area contributed by atoms with Crippen LogP contribution in [0.2, 0.25) is 0 Å². The number of aliphatic carboxylic acids is 1. The molecule has 2 amide bonds. The highest BCUT2D eigenvalue weighted by atomic mass is 16.5. The summed E-state index contributed by atoms with van der Waals surface area (Å²) in [5, 5.41) is 28.8. The van der Waals surface area contributed by atoms with E-state index in [4.69, 9.17) is 4.74 Å². The summed E-state index contributed by atoms with van der Waals surface area (Å²) >= 11 is 0. The molecule has 37 heavy (non-hydrogen) atoms. The number of carboxylic acid groups (broad SMARTS) is 1. The van der Waals surface area contributed by atoms with Crippen LogP contribution in [0.4, 0.5) is 0 Å². The second kappa shape index (κ2) is 8.91. The molecule has 3 saturated heterocycles. The molecule has 4 heterocycles. The SMILES string of the molecule is C=CCN(Cn1nnc2ccccc21)C(=O)C1N([C@@H](CO)C(C)C)C(=O)[C@@H]2[C@H](C(=O)O)[C@]3(C)CCC12O3.